The molecule has 1 aromatic carbocycles. The molecule has 0 aromatic heterocycles. The Hall–Kier alpha value is -1.40. The molecule has 0 saturated heterocycles. The molecule has 0 radical (unpaired) electrons. The third kappa shape index (κ3) is 4.94. The molecule has 5 nitrogen and oxygen atoms in total. The van der Waals surface area contributed by atoms with E-state index in [4.69, 9.17) is 9.84 Å². The normalized spacial score (nSPS) is 13.6. The van der Waals surface area contributed by atoms with Crippen molar-refractivity contribution in [1.82, 2.24) is 5.32 Å². The summed E-state index contributed by atoms with van der Waals surface area (Å²) < 4.78 is 5.95. The third-order valence-electron chi connectivity index (χ3n) is 2.92. The Kier molecular flexibility index (Phi) is 6.67. The van der Waals surface area contributed by atoms with Gasteiger partial charge in [0.1, 0.15) is 6.10 Å². The number of carboxylic acids is 1. The number of carbonyl (C=O) groups is 2. The minimum atomic E-state index is -0.969. The molecular formula is C14H18BrNO4. The number of rotatable bonds is 7. The van der Waals surface area contributed by atoms with E-state index < -0.39 is 18.1 Å². The molecule has 0 aliphatic carbocycles. The highest BCUT2D eigenvalue weighted by Gasteiger charge is 2.22. The number of carboxylic acid groups (broad SMARTS) is 1. The monoisotopic (exact) mass is 343 g/mol. The smallest absolute Gasteiger partial charge is 0.305 e. The highest BCUT2D eigenvalue weighted by atomic mass is 79.9. The Labute approximate surface area is 126 Å². The van der Waals surface area contributed by atoms with E-state index in [9.17, 15) is 9.59 Å². The van der Waals surface area contributed by atoms with Crippen molar-refractivity contribution in [2.45, 2.75) is 31.9 Å². The van der Waals surface area contributed by atoms with Crippen molar-refractivity contribution in [3.05, 3.63) is 34.3 Å². The Morgan fingerprint density at radius 2 is 1.95 bits per heavy atom. The van der Waals surface area contributed by atoms with E-state index in [0.717, 1.165) is 10.0 Å². The van der Waals surface area contributed by atoms with Crippen molar-refractivity contribution in [3.8, 4) is 0 Å². The molecule has 2 N–H and O–H groups in total. The molecule has 0 aliphatic rings. The van der Waals surface area contributed by atoms with Gasteiger partial charge in [0.2, 0.25) is 5.91 Å². The van der Waals surface area contributed by atoms with Crippen LogP contribution in [0.3, 0.4) is 0 Å². The Balaban J connectivity index is 2.87. The Bertz CT molecular complexity index is 457. The molecule has 1 aromatic rings. The van der Waals surface area contributed by atoms with Crippen molar-refractivity contribution in [1.29, 1.82) is 0 Å². The maximum absolute atomic E-state index is 12.0. The first kappa shape index (κ1) is 16.7. The first-order valence-corrected chi connectivity index (χ1v) is 7.07. The lowest BCUT2D eigenvalue weighted by molar-refractivity contribution is -0.138. The number of halogens is 1. The van der Waals surface area contributed by atoms with Crippen LogP contribution in [0.25, 0.3) is 0 Å². The second-order valence-electron chi connectivity index (χ2n) is 4.34. The largest absolute Gasteiger partial charge is 0.481 e. The molecule has 110 valence electrons. The number of amides is 1. The zero-order valence-electron chi connectivity index (χ0n) is 11.4. The van der Waals surface area contributed by atoms with Gasteiger partial charge < -0.3 is 15.2 Å². The molecule has 2 atom stereocenters. The number of benzene rings is 1. The molecule has 0 aliphatic heterocycles. The lowest BCUT2D eigenvalue weighted by atomic mass is 10.0. The molecule has 0 saturated carbocycles. The van der Waals surface area contributed by atoms with Crippen molar-refractivity contribution in [2.75, 3.05) is 7.11 Å². The van der Waals surface area contributed by atoms with Gasteiger partial charge in [0.15, 0.2) is 0 Å². The molecule has 0 spiro atoms. The van der Waals surface area contributed by atoms with Crippen LogP contribution in [0, 0.1) is 0 Å². The van der Waals surface area contributed by atoms with Gasteiger partial charge in [0.05, 0.1) is 12.5 Å². The van der Waals surface area contributed by atoms with Gasteiger partial charge >= 0.3 is 5.97 Å². The number of ether oxygens (including phenoxy) is 1. The molecule has 0 heterocycles. The van der Waals surface area contributed by atoms with Crippen LogP contribution in [-0.4, -0.2) is 30.2 Å². The van der Waals surface area contributed by atoms with E-state index >= 15 is 0 Å². The molecule has 6 heteroatoms. The Morgan fingerprint density at radius 1 is 1.35 bits per heavy atom. The van der Waals surface area contributed by atoms with Crippen LogP contribution >= 0.6 is 15.9 Å². The zero-order chi connectivity index (χ0) is 15.1. The topological polar surface area (TPSA) is 75.6 Å². The number of nitrogens with one attached hydrogen (secondary N) is 1. The van der Waals surface area contributed by atoms with Crippen molar-refractivity contribution >= 4 is 27.8 Å². The van der Waals surface area contributed by atoms with E-state index in [-0.39, 0.29) is 12.3 Å². The summed E-state index contributed by atoms with van der Waals surface area (Å²) in [6.45, 7) is 1.83. The van der Waals surface area contributed by atoms with Crippen LogP contribution in [0.1, 0.15) is 31.4 Å². The fourth-order valence-electron chi connectivity index (χ4n) is 1.85. The highest BCUT2D eigenvalue weighted by Crippen LogP contribution is 2.20. The summed E-state index contributed by atoms with van der Waals surface area (Å²) in [4.78, 5) is 22.9. The fraction of sp³-hybridized carbons (Fsp3) is 0.429. The van der Waals surface area contributed by atoms with Gasteiger partial charge in [0, 0.05) is 11.6 Å². The minimum absolute atomic E-state index is 0.173. The quantitative estimate of drug-likeness (QED) is 0.797. The second-order valence-corrected chi connectivity index (χ2v) is 5.26. The maximum Gasteiger partial charge on any atom is 0.305 e. The first-order valence-electron chi connectivity index (χ1n) is 6.28. The van der Waals surface area contributed by atoms with Gasteiger partial charge in [0.25, 0.3) is 0 Å². The van der Waals surface area contributed by atoms with Crippen LogP contribution in [-0.2, 0) is 14.3 Å². The predicted octanol–water partition coefficient (Wildman–Crippen LogP) is 2.51. The molecule has 2 unspecified atom stereocenters. The molecule has 1 rings (SSSR count). The number of carbonyl (C=O) groups excluding carboxylic acids is 1. The van der Waals surface area contributed by atoms with Gasteiger partial charge in [-0.25, -0.2) is 0 Å². The van der Waals surface area contributed by atoms with Gasteiger partial charge in [-0.1, -0.05) is 35.0 Å². The average molecular weight is 344 g/mol. The Morgan fingerprint density at radius 3 is 2.40 bits per heavy atom. The van der Waals surface area contributed by atoms with Crippen molar-refractivity contribution in [3.63, 3.8) is 0 Å². The SMILES string of the molecule is CCC(OC)C(=O)NC(CC(=O)O)c1ccc(Br)cc1. The number of hydrogen-bond acceptors (Lipinski definition) is 3. The molecule has 20 heavy (non-hydrogen) atoms. The van der Waals surface area contributed by atoms with Gasteiger partial charge in [-0.3, -0.25) is 9.59 Å². The minimum Gasteiger partial charge on any atom is -0.481 e. The van der Waals surface area contributed by atoms with Crippen molar-refractivity contribution in [2.24, 2.45) is 0 Å². The summed E-state index contributed by atoms with van der Waals surface area (Å²) in [5.74, 6) is -1.27. The van der Waals surface area contributed by atoms with Crippen LogP contribution in [0.2, 0.25) is 0 Å². The zero-order valence-corrected chi connectivity index (χ0v) is 13.0. The number of aliphatic carboxylic acids is 1. The average Bonchev–Trinajstić information content (AvgIpc) is 2.39. The van der Waals surface area contributed by atoms with E-state index in [1.165, 1.54) is 7.11 Å². The van der Waals surface area contributed by atoms with Crippen molar-refractivity contribution < 1.29 is 19.4 Å². The van der Waals surface area contributed by atoms with Crippen LogP contribution in [0.4, 0.5) is 0 Å². The van der Waals surface area contributed by atoms with E-state index in [2.05, 4.69) is 21.2 Å². The van der Waals surface area contributed by atoms with E-state index in [1.54, 1.807) is 12.1 Å². The number of hydrogen-bond donors (Lipinski definition) is 2. The third-order valence-corrected chi connectivity index (χ3v) is 3.44. The summed E-state index contributed by atoms with van der Waals surface area (Å²) in [6.07, 6.45) is -0.211. The molecule has 0 fully saturated rings. The molecule has 1 amide bonds. The summed E-state index contributed by atoms with van der Waals surface area (Å²) in [6, 6.07) is 6.61. The highest BCUT2D eigenvalue weighted by molar-refractivity contribution is 9.10. The van der Waals surface area contributed by atoms with Gasteiger partial charge in [-0.2, -0.15) is 0 Å². The molecular weight excluding hydrogens is 326 g/mol. The summed E-state index contributed by atoms with van der Waals surface area (Å²) in [5, 5.41) is 11.7. The summed E-state index contributed by atoms with van der Waals surface area (Å²) in [5.41, 5.74) is 0.745. The van der Waals surface area contributed by atoms with Crippen LogP contribution < -0.4 is 5.32 Å². The van der Waals surface area contributed by atoms with Gasteiger partial charge in [-0.15, -0.1) is 0 Å². The lowest BCUT2D eigenvalue weighted by Crippen LogP contribution is -2.38. The van der Waals surface area contributed by atoms with Crippen LogP contribution in [0.15, 0.2) is 28.7 Å². The number of methoxy groups -OCH3 is 1. The standard InChI is InChI=1S/C14H18BrNO4/c1-3-12(20-2)14(19)16-11(8-13(17)18)9-4-6-10(15)7-5-9/h4-7,11-12H,3,8H2,1-2H3,(H,16,19)(H,17,18). The second kappa shape index (κ2) is 8.01. The predicted molar refractivity (Wildman–Crippen MR) is 78.4 cm³/mol. The summed E-state index contributed by atoms with van der Waals surface area (Å²) in [7, 11) is 1.46. The van der Waals surface area contributed by atoms with Gasteiger partial charge in [-0.05, 0) is 24.1 Å². The van der Waals surface area contributed by atoms with Crippen LogP contribution in [0.5, 0.6) is 0 Å². The molecule has 0 bridgehead atoms. The fourth-order valence-corrected chi connectivity index (χ4v) is 2.11. The maximum atomic E-state index is 12.0. The lowest BCUT2D eigenvalue weighted by Gasteiger charge is -2.20. The first-order chi connectivity index (χ1) is 9.47. The summed E-state index contributed by atoms with van der Waals surface area (Å²) >= 11 is 3.32. The van der Waals surface area contributed by atoms with E-state index in [0.29, 0.717) is 6.42 Å². The van der Waals surface area contributed by atoms with E-state index in [1.807, 2.05) is 19.1 Å².